The number of ketones is 1. The Morgan fingerprint density at radius 1 is 0.895 bits per heavy atom. The molecule has 4 N–H and O–H groups in total. The largest absolute Gasteiger partial charge is 0.481 e. The quantitative estimate of drug-likeness (QED) is 0.195. The first-order chi connectivity index (χ1) is 26.6. The van der Waals surface area contributed by atoms with E-state index in [0.29, 0.717) is 30.2 Å². The van der Waals surface area contributed by atoms with Gasteiger partial charge in [0, 0.05) is 23.8 Å². The summed E-state index contributed by atoms with van der Waals surface area (Å²) in [5.74, 6) is -1.03. The van der Waals surface area contributed by atoms with Gasteiger partial charge < -0.3 is 25.3 Å². The normalized spacial score (nSPS) is 39.7. The monoisotopic (exact) mass is 783 g/mol. The van der Waals surface area contributed by atoms with Gasteiger partial charge in [-0.15, -0.1) is 0 Å². The average molecular weight is 784 g/mol. The van der Waals surface area contributed by atoms with Crippen LogP contribution in [-0.4, -0.2) is 62.6 Å². The van der Waals surface area contributed by atoms with Gasteiger partial charge in [0.1, 0.15) is 6.10 Å². The smallest absolute Gasteiger partial charge is 0.309 e. The number of aliphatic hydroxyl groups excluding tert-OH is 1. The van der Waals surface area contributed by atoms with E-state index in [1.807, 2.05) is 38.1 Å². The number of ether oxygens (including phenoxy) is 1. The van der Waals surface area contributed by atoms with Crippen LogP contribution in [0, 0.1) is 68.0 Å². The molecule has 6 aliphatic carbocycles. The van der Waals surface area contributed by atoms with Crippen molar-refractivity contribution in [3.63, 3.8) is 0 Å². The summed E-state index contributed by atoms with van der Waals surface area (Å²) in [6.07, 6.45) is 6.93. The number of H-pyrrole nitrogens is 1. The Labute approximate surface area is 337 Å². The zero-order chi connectivity index (χ0) is 41.2. The topological polar surface area (TPSA) is 159 Å². The van der Waals surface area contributed by atoms with Crippen LogP contribution < -0.4 is 5.32 Å². The van der Waals surface area contributed by atoms with Crippen LogP contribution in [0.2, 0.25) is 0 Å². The van der Waals surface area contributed by atoms with E-state index in [0.717, 1.165) is 56.0 Å². The number of esters is 1. The molecule has 0 spiro atoms. The predicted octanol–water partition coefficient (Wildman–Crippen LogP) is 8.29. The van der Waals surface area contributed by atoms with E-state index >= 15 is 0 Å². The molecule has 5 saturated carbocycles. The van der Waals surface area contributed by atoms with Crippen molar-refractivity contribution in [3.05, 3.63) is 41.2 Å². The summed E-state index contributed by atoms with van der Waals surface area (Å²) in [7, 11) is 0. The second kappa shape index (κ2) is 13.2. The van der Waals surface area contributed by atoms with Crippen molar-refractivity contribution in [1.82, 2.24) is 15.3 Å². The molecule has 1 amide bonds. The standard InChI is InChI=1S/C47H65N3O7/c1-25(2)36-31(51)23-47(34(52)24-48-39(53)38-49-29-12-10-11-13-30(29)50-38)21-20-45(8)26(37(36)47)14-15-33-44(7)18-17-35(43(5,6)32(44)16-19-46(33,45)9)57-41(56)28-22-27(40(54)55)42(28,3)4/h10-13,25-28,32-35,52H,14-24H2,1-9H3,(H,48,53)(H,49,50)(H,54,55)/t26-,27+,28-,32+,33-,34+,35+,44+,45-,46-,47+/m1/s1. The number of rotatable bonds is 8. The number of nitrogens with one attached hydrogen (secondary N) is 2. The number of para-hydroxylation sites is 2. The van der Waals surface area contributed by atoms with Crippen molar-refractivity contribution in [2.75, 3.05) is 6.54 Å². The summed E-state index contributed by atoms with van der Waals surface area (Å²) in [5, 5.41) is 24.9. The maximum Gasteiger partial charge on any atom is 0.309 e. The third-order valence-electron chi connectivity index (χ3n) is 18.2. The van der Waals surface area contributed by atoms with Gasteiger partial charge in [-0.1, -0.05) is 80.0 Å². The lowest BCUT2D eigenvalue weighted by Crippen LogP contribution is -2.66. The maximum atomic E-state index is 14.1. The highest BCUT2D eigenvalue weighted by molar-refractivity contribution is 6.01. The highest BCUT2D eigenvalue weighted by Gasteiger charge is 2.71. The van der Waals surface area contributed by atoms with Gasteiger partial charge >= 0.3 is 11.9 Å². The number of allylic oxidation sites excluding steroid dienone is 1. The van der Waals surface area contributed by atoms with Crippen molar-refractivity contribution in [3.8, 4) is 0 Å². The Balaban J connectivity index is 1.03. The fourth-order valence-corrected chi connectivity index (χ4v) is 14.8. The second-order valence-electron chi connectivity index (χ2n) is 21.5. The van der Waals surface area contributed by atoms with E-state index in [4.69, 9.17) is 4.74 Å². The number of aromatic amines is 1. The molecule has 57 heavy (non-hydrogen) atoms. The fraction of sp³-hybridized carbons (Fsp3) is 0.723. The molecule has 0 radical (unpaired) electrons. The minimum Gasteiger partial charge on any atom is -0.481 e. The number of imidazole rings is 1. The molecule has 8 rings (SSSR count). The third-order valence-corrected chi connectivity index (χ3v) is 18.2. The van der Waals surface area contributed by atoms with Gasteiger partial charge in [-0.3, -0.25) is 19.2 Å². The summed E-state index contributed by atoms with van der Waals surface area (Å²) >= 11 is 0. The molecular weight excluding hydrogens is 719 g/mol. The Morgan fingerprint density at radius 2 is 1.61 bits per heavy atom. The minimum atomic E-state index is -0.913. The summed E-state index contributed by atoms with van der Waals surface area (Å²) in [4.78, 5) is 60.4. The number of carbonyl (C=O) groups excluding carboxylic acids is 3. The number of hydrogen-bond acceptors (Lipinski definition) is 7. The number of aliphatic hydroxyl groups is 1. The SMILES string of the molecule is CC(C)C1=C2[C@H]3CC[C@@H]4[C@@]5(C)CC[C@H](OC(=O)[C@H]6C[C@@H](C(=O)O)C6(C)C)C(C)(C)[C@@H]5CC[C@@]4(C)[C@]3(C)CC[C@@]2([C@@H](O)CNC(=O)c2nc3ccccc3[nH]2)CC1=O. The number of nitrogens with zero attached hydrogens (tertiary/aromatic N) is 1. The van der Waals surface area contributed by atoms with Gasteiger partial charge in [0.05, 0.1) is 29.0 Å². The molecule has 0 bridgehead atoms. The Hall–Kier alpha value is -3.53. The minimum absolute atomic E-state index is 0.00406. The van der Waals surface area contributed by atoms with Gasteiger partial charge in [-0.05, 0) is 121 Å². The van der Waals surface area contributed by atoms with Crippen LogP contribution in [-0.2, 0) is 19.1 Å². The number of carboxylic acids is 1. The molecule has 10 heteroatoms. The van der Waals surface area contributed by atoms with Crippen LogP contribution in [0.15, 0.2) is 35.4 Å². The van der Waals surface area contributed by atoms with Crippen LogP contribution >= 0.6 is 0 Å². The molecule has 2 aromatic rings. The lowest BCUT2D eigenvalue weighted by Gasteiger charge is -2.72. The summed E-state index contributed by atoms with van der Waals surface area (Å²) < 4.78 is 6.41. The Bertz CT molecular complexity index is 2010. The third kappa shape index (κ3) is 5.60. The van der Waals surface area contributed by atoms with Gasteiger partial charge in [0.25, 0.3) is 5.91 Å². The van der Waals surface area contributed by atoms with Crippen LogP contribution in [0.3, 0.4) is 0 Å². The molecule has 6 aliphatic rings. The van der Waals surface area contributed by atoms with Crippen molar-refractivity contribution >= 4 is 34.7 Å². The Morgan fingerprint density at radius 3 is 2.28 bits per heavy atom. The van der Waals surface area contributed by atoms with Crippen LogP contribution in [0.25, 0.3) is 11.0 Å². The van der Waals surface area contributed by atoms with Crippen LogP contribution in [0.1, 0.15) is 137 Å². The lowest BCUT2D eigenvalue weighted by atomic mass is 9.33. The van der Waals surface area contributed by atoms with Gasteiger partial charge in [-0.2, -0.15) is 0 Å². The predicted molar refractivity (Wildman–Crippen MR) is 217 cm³/mol. The Kier molecular flexibility index (Phi) is 9.35. The first-order valence-corrected chi connectivity index (χ1v) is 21.8. The molecule has 310 valence electrons. The molecule has 1 aromatic heterocycles. The highest BCUT2D eigenvalue weighted by Crippen LogP contribution is 2.77. The second-order valence-corrected chi connectivity index (χ2v) is 21.5. The molecule has 0 aliphatic heterocycles. The van der Waals surface area contributed by atoms with Crippen LogP contribution in [0.5, 0.6) is 0 Å². The van der Waals surface area contributed by atoms with Crippen molar-refractivity contribution in [1.29, 1.82) is 0 Å². The zero-order valence-corrected chi connectivity index (χ0v) is 35.6. The first kappa shape index (κ1) is 40.3. The number of aromatic nitrogens is 2. The first-order valence-electron chi connectivity index (χ1n) is 21.8. The molecule has 11 atom stereocenters. The maximum absolute atomic E-state index is 14.1. The van der Waals surface area contributed by atoms with E-state index < -0.39 is 34.7 Å². The number of carboxylic acid groups (broad SMARTS) is 1. The van der Waals surface area contributed by atoms with Crippen molar-refractivity contribution in [2.24, 2.45) is 68.0 Å². The van der Waals surface area contributed by atoms with Crippen molar-refractivity contribution < 1.29 is 34.1 Å². The van der Waals surface area contributed by atoms with Gasteiger partial charge in [0.15, 0.2) is 11.6 Å². The number of Topliss-reactive ketones (excluding diaryl/α,β-unsaturated/α-hetero) is 1. The van der Waals surface area contributed by atoms with E-state index in [-0.39, 0.29) is 76.0 Å². The fourth-order valence-electron chi connectivity index (χ4n) is 14.8. The number of carbonyl (C=O) groups is 4. The van der Waals surface area contributed by atoms with E-state index in [1.54, 1.807) is 0 Å². The number of amides is 1. The summed E-state index contributed by atoms with van der Waals surface area (Å²) in [6.45, 7) is 20.1. The van der Waals surface area contributed by atoms with E-state index in [2.05, 4.69) is 63.8 Å². The van der Waals surface area contributed by atoms with Crippen molar-refractivity contribution in [2.45, 2.75) is 139 Å². The van der Waals surface area contributed by atoms with Crippen LogP contribution in [0.4, 0.5) is 0 Å². The average Bonchev–Trinajstić information content (AvgIpc) is 3.70. The molecule has 10 nitrogen and oxygen atoms in total. The number of fused-ring (bicyclic) bond motifs is 8. The molecular formula is C47H65N3O7. The molecule has 5 fully saturated rings. The lowest BCUT2D eigenvalue weighted by molar-refractivity contribution is -0.238. The number of hydrogen-bond donors (Lipinski definition) is 4. The summed E-state index contributed by atoms with van der Waals surface area (Å²) in [5.41, 5.74) is 1.93. The molecule has 0 saturated heterocycles. The van der Waals surface area contributed by atoms with Gasteiger partial charge in [-0.25, -0.2) is 4.98 Å². The number of benzene rings is 1. The molecule has 0 unspecified atom stereocenters. The van der Waals surface area contributed by atoms with E-state index in [1.165, 1.54) is 5.57 Å². The summed E-state index contributed by atoms with van der Waals surface area (Å²) in [6, 6.07) is 7.50. The molecule has 1 heterocycles. The van der Waals surface area contributed by atoms with Gasteiger partial charge in [0.2, 0.25) is 0 Å². The number of aliphatic carboxylic acids is 1. The highest BCUT2D eigenvalue weighted by atomic mass is 16.5. The van der Waals surface area contributed by atoms with E-state index in [9.17, 15) is 29.4 Å². The zero-order valence-electron chi connectivity index (χ0n) is 35.6. The molecule has 1 aromatic carbocycles.